The van der Waals surface area contributed by atoms with Gasteiger partial charge < -0.3 is 5.11 Å². The number of rotatable bonds is 2. The molecule has 4 aliphatic rings. The van der Waals surface area contributed by atoms with E-state index >= 15 is 0 Å². The lowest BCUT2D eigenvalue weighted by Crippen LogP contribution is -2.54. The molecule has 4 aliphatic carbocycles. The quantitative estimate of drug-likeness (QED) is 0.704. The number of ketones is 1. The van der Waals surface area contributed by atoms with Crippen LogP contribution in [0.2, 0.25) is 0 Å². The molecule has 1 N–H and O–H groups in total. The van der Waals surface area contributed by atoms with Gasteiger partial charge in [0.2, 0.25) is 0 Å². The first-order valence-corrected chi connectivity index (χ1v) is 10.9. The second-order valence-electron chi connectivity index (χ2n) is 10.2. The van der Waals surface area contributed by atoms with Crippen molar-refractivity contribution in [2.24, 2.45) is 22.7 Å². The van der Waals surface area contributed by atoms with Crippen LogP contribution in [-0.2, 0) is 23.1 Å². The van der Waals surface area contributed by atoms with Gasteiger partial charge >= 0.3 is 0 Å². The van der Waals surface area contributed by atoms with Crippen LogP contribution >= 0.6 is 0 Å². The second kappa shape index (κ2) is 5.49. The van der Waals surface area contributed by atoms with E-state index in [4.69, 9.17) is 0 Å². The standard InChI is InChI=1S/C25H32O2/c1-4-5-17-16-6-7-19-20-10-12-23(2)13-11-22(27)25(20,23)15-14-24(19,3)18(16)8-9-21(17)26/h4,8-9,19-20,26H,1,5-7,10-15H2,2-3H3/t19?,20?,23-,24+,25+/m0/s1. The van der Waals surface area contributed by atoms with E-state index in [9.17, 15) is 9.90 Å². The van der Waals surface area contributed by atoms with Crippen LogP contribution in [0.5, 0.6) is 5.75 Å². The SMILES string of the molecule is C=CCc1c(O)ccc2c1CCC1C3CC[C@@]4(C)CCC(=O)[C@@]34CC[C@]21C. The van der Waals surface area contributed by atoms with Crippen molar-refractivity contribution in [2.45, 2.75) is 77.0 Å². The molecule has 0 bridgehead atoms. The number of phenolic OH excluding ortho intramolecular Hbond substituents is 1. The average molecular weight is 365 g/mol. The molecule has 2 unspecified atom stereocenters. The predicted molar refractivity (Wildman–Crippen MR) is 108 cm³/mol. The molecule has 0 saturated heterocycles. The molecule has 5 rings (SSSR count). The fourth-order valence-corrected chi connectivity index (χ4v) is 8.18. The second-order valence-corrected chi connectivity index (χ2v) is 10.2. The van der Waals surface area contributed by atoms with Crippen LogP contribution in [0.1, 0.15) is 75.5 Å². The summed E-state index contributed by atoms with van der Waals surface area (Å²) in [6.07, 6.45) is 11.4. The van der Waals surface area contributed by atoms with Crippen molar-refractivity contribution in [2.75, 3.05) is 0 Å². The minimum absolute atomic E-state index is 0.0322. The molecule has 2 heteroatoms. The summed E-state index contributed by atoms with van der Waals surface area (Å²) in [5.41, 5.74) is 4.25. The lowest BCUT2D eigenvalue weighted by molar-refractivity contribution is -0.139. The Hall–Kier alpha value is -1.57. The molecule has 3 fully saturated rings. The van der Waals surface area contributed by atoms with Gasteiger partial charge in [-0.1, -0.05) is 26.0 Å². The van der Waals surface area contributed by atoms with Crippen molar-refractivity contribution in [1.82, 2.24) is 0 Å². The van der Waals surface area contributed by atoms with Crippen LogP contribution < -0.4 is 0 Å². The molecule has 1 spiro atoms. The molecule has 0 aliphatic heterocycles. The van der Waals surface area contributed by atoms with E-state index in [-0.39, 0.29) is 16.2 Å². The van der Waals surface area contributed by atoms with E-state index in [2.05, 4.69) is 26.5 Å². The summed E-state index contributed by atoms with van der Waals surface area (Å²) in [5.74, 6) is 2.16. The van der Waals surface area contributed by atoms with E-state index in [1.54, 1.807) is 0 Å². The maximum absolute atomic E-state index is 13.2. The predicted octanol–water partition coefficient (Wildman–Crippen LogP) is 5.50. The maximum Gasteiger partial charge on any atom is 0.139 e. The number of fused-ring (bicyclic) bond motifs is 4. The highest BCUT2D eigenvalue weighted by Gasteiger charge is 2.69. The summed E-state index contributed by atoms with van der Waals surface area (Å²) in [6.45, 7) is 8.76. The molecule has 1 aromatic rings. The first-order chi connectivity index (χ1) is 12.9. The molecule has 144 valence electrons. The van der Waals surface area contributed by atoms with E-state index in [0.29, 0.717) is 23.4 Å². The van der Waals surface area contributed by atoms with Gasteiger partial charge in [0, 0.05) is 17.4 Å². The number of carbonyl (C=O) groups is 1. The van der Waals surface area contributed by atoms with Gasteiger partial charge in [0.15, 0.2) is 0 Å². The molecule has 0 aromatic heterocycles. The molecule has 1 aromatic carbocycles. The topological polar surface area (TPSA) is 37.3 Å². The zero-order chi connectivity index (χ0) is 19.0. The fourth-order valence-electron chi connectivity index (χ4n) is 8.18. The molecule has 2 nitrogen and oxygen atoms in total. The largest absolute Gasteiger partial charge is 0.508 e. The van der Waals surface area contributed by atoms with Gasteiger partial charge in [0.1, 0.15) is 11.5 Å². The highest BCUT2D eigenvalue weighted by molar-refractivity contribution is 5.89. The number of hydrogen-bond donors (Lipinski definition) is 1. The molecule has 0 radical (unpaired) electrons. The number of benzene rings is 1. The Kier molecular flexibility index (Phi) is 3.56. The monoisotopic (exact) mass is 364 g/mol. The summed E-state index contributed by atoms with van der Waals surface area (Å²) >= 11 is 0. The Labute approximate surface area is 163 Å². The van der Waals surface area contributed by atoms with E-state index in [1.807, 2.05) is 12.1 Å². The lowest BCUT2D eigenvalue weighted by Gasteiger charge is -2.57. The molecule has 3 saturated carbocycles. The minimum atomic E-state index is -0.0322. The van der Waals surface area contributed by atoms with Crippen LogP contribution in [0.25, 0.3) is 0 Å². The number of allylic oxidation sites excluding steroid dienone is 1. The van der Waals surface area contributed by atoms with Crippen molar-refractivity contribution in [3.63, 3.8) is 0 Å². The van der Waals surface area contributed by atoms with Crippen molar-refractivity contribution < 1.29 is 9.90 Å². The lowest BCUT2D eigenvalue weighted by atomic mass is 9.46. The van der Waals surface area contributed by atoms with Crippen molar-refractivity contribution in [3.8, 4) is 5.75 Å². The molecule has 5 atom stereocenters. The Morgan fingerprint density at radius 2 is 1.93 bits per heavy atom. The zero-order valence-corrected chi connectivity index (χ0v) is 16.8. The smallest absolute Gasteiger partial charge is 0.139 e. The summed E-state index contributed by atoms with van der Waals surface area (Å²) in [7, 11) is 0. The van der Waals surface area contributed by atoms with Crippen LogP contribution in [0, 0.1) is 22.7 Å². The third kappa shape index (κ3) is 1.95. The Morgan fingerprint density at radius 3 is 2.70 bits per heavy atom. The van der Waals surface area contributed by atoms with Crippen LogP contribution in [0.15, 0.2) is 24.8 Å². The highest BCUT2D eigenvalue weighted by Crippen LogP contribution is 2.73. The van der Waals surface area contributed by atoms with Crippen molar-refractivity contribution in [3.05, 3.63) is 41.5 Å². The van der Waals surface area contributed by atoms with Crippen LogP contribution in [0.3, 0.4) is 0 Å². The van der Waals surface area contributed by atoms with Gasteiger partial charge in [0.05, 0.1) is 0 Å². The number of aromatic hydroxyl groups is 1. The molecular formula is C25H32O2. The first-order valence-electron chi connectivity index (χ1n) is 10.9. The Balaban J connectivity index is 1.62. The normalized spacial score (nSPS) is 42.2. The summed E-state index contributed by atoms with van der Waals surface area (Å²) < 4.78 is 0. The molecule has 27 heavy (non-hydrogen) atoms. The number of carbonyl (C=O) groups excluding carboxylic acids is 1. The minimum Gasteiger partial charge on any atom is -0.508 e. The Morgan fingerprint density at radius 1 is 1.11 bits per heavy atom. The third-order valence-corrected chi connectivity index (χ3v) is 9.54. The number of hydrogen-bond acceptors (Lipinski definition) is 2. The molecule has 0 heterocycles. The fraction of sp³-hybridized carbons (Fsp3) is 0.640. The van der Waals surface area contributed by atoms with Gasteiger partial charge in [-0.2, -0.15) is 0 Å². The third-order valence-electron chi connectivity index (χ3n) is 9.54. The van der Waals surface area contributed by atoms with Crippen molar-refractivity contribution >= 4 is 5.78 Å². The van der Waals surface area contributed by atoms with Gasteiger partial charge in [-0.15, -0.1) is 6.58 Å². The van der Waals surface area contributed by atoms with Gasteiger partial charge in [-0.05, 0) is 91.2 Å². The summed E-state index contributed by atoms with van der Waals surface area (Å²) in [4.78, 5) is 13.2. The van der Waals surface area contributed by atoms with Crippen molar-refractivity contribution in [1.29, 1.82) is 0 Å². The van der Waals surface area contributed by atoms with Gasteiger partial charge in [-0.3, -0.25) is 4.79 Å². The summed E-state index contributed by atoms with van der Waals surface area (Å²) in [6, 6.07) is 4.08. The first kappa shape index (κ1) is 17.5. The van der Waals surface area contributed by atoms with Gasteiger partial charge in [-0.25, -0.2) is 0 Å². The van der Waals surface area contributed by atoms with E-state index in [0.717, 1.165) is 50.5 Å². The number of phenols is 1. The summed E-state index contributed by atoms with van der Waals surface area (Å²) in [5, 5.41) is 10.4. The molecular weight excluding hydrogens is 332 g/mol. The van der Waals surface area contributed by atoms with E-state index in [1.165, 1.54) is 24.0 Å². The number of Topliss-reactive ketones (excluding diaryl/α,β-unsaturated/α-hetero) is 1. The van der Waals surface area contributed by atoms with E-state index < -0.39 is 0 Å². The Bertz CT molecular complexity index is 839. The van der Waals surface area contributed by atoms with Crippen LogP contribution in [-0.4, -0.2) is 10.9 Å². The highest BCUT2D eigenvalue weighted by atomic mass is 16.3. The zero-order valence-electron chi connectivity index (χ0n) is 16.8. The maximum atomic E-state index is 13.2. The molecule has 0 amide bonds. The average Bonchev–Trinajstić information content (AvgIpc) is 3.08. The van der Waals surface area contributed by atoms with Crippen LogP contribution in [0.4, 0.5) is 0 Å². The van der Waals surface area contributed by atoms with Gasteiger partial charge in [0.25, 0.3) is 0 Å².